The Hall–Kier alpha value is 0.720. The fraction of sp³-hybridized carbons (Fsp3) is 0.600. The second kappa shape index (κ2) is 9.90. The molecule has 4 atom stereocenters. The van der Waals surface area contributed by atoms with E-state index in [1.165, 1.54) is 0 Å². The lowest BCUT2D eigenvalue weighted by atomic mass is 9.68. The first-order valence-electron chi connectivity index (χ1n) is 8.99. The summed E-state index contributed by atoms with van der Waals surface area (Å²) in [5.74, 6) is 0. The minimum absolute atomic E-state index is 0.123. The fourth-order valence-corrected chi connectivity index (χ4v) is 7.79. The number of hydrogen-bond acceptors (Lipinski definition) is 4. The Bertz CT molecular complexity index is 680. The zero-order valence-electron chi connectivity index (χ0n) is 16.4. The third-order valence-electron chi connectivity index (χ3n) is 5.14. The van der Waals surface area contributed by atoms with Gasteiger partial charge in [0.05, 0.1) is 36.1 Å². The van der Waals surface area contributed by atoms with Gasteiger partial charge in [-0.15, -0.1) is 0 Å². The van der Waals surface area contributed by atoms with Crippen molar-refractivity contribution in [1.29, 1.82) is 0 Å². The summed E-state index contributed by atoms with van der Waals surface area (Å²) in [5, 5.41) is 19.2. The normalized spacial score (nSPS) is 33.9. The number of aliphatic hydroxyl groups is 2. The van der Waals surface area contributed by atoms with Crippen molar-refractivity contribution in [2.75, 3.05) is 26.4 Å². The molecule has 0 spiro atoms. The van der Waals surface area contributed by atoms with Crippen LogP contribution in [0, 0.1) is 0 Å². The minimum Gasteiger partial charge on any atom is -0.394 e. The molecule has 0 saturated carbocycles. The van der Waals surface area contributed by atoms with Crippen LogP contribution in [-0.4, -0.2) is 57.5 Å². The van der Waals surface area contributed by atoms with Gasteiger partial charge in [-0.2, -0.15) is 0 Å². The number of aliphatic hydroxyl groups excluding tert-OH is 2. The maximum Gasteiger partial charge on any atom is 0.151 e. The number of allylic oxidation sites excluding steroid dienone is 4. The van der Waals surface area contributed by atoms with Crippen LogP contribution in [0.1, 0.15) is 27.7 Å². The summed E-state index contributed by atoms with van der Waals surface area (Å²) in [6, 6.07) is 0. The van der Waals surface area contributed by atoms with Gasteiger partial charge in [0.2, 0.25) is 0 Å². The van der Waals surface area contributed by atoms with Crippen molar-refractivity contribution < 1.29 is 19.7 Å². The molecule has 0 saturated heterocycles. The molecule has 0 aromatic carbocycles. The van der Waals surface area contributed by atoms with Crippen molar-refractivity contribution >= 4 is 63.7 Å². The maximum absolute atomic E-state index is 9.60. The molecule has 2 aliphatic carbocycles. The Labute approximate surface area is 200 Å². The van der Waals surface area contributed by atoms with E-state index in [-0.39, 0.29) is 36.1 Å². The van der Waals surface area contributed by atoms with E-state index in [4.69, 9.17) is 9.47 Å². The van der Waals surface area contributed by atoms with Gasteiger partial charge in [-0.25, -0.2) is 0 Å². The second-order valence-corrected chi connectivity index (χ2v) is 10.5. The van der Waals surface area contributed by atoms with Crippen molar-refractivity contribution in [1.82, 2.24) is 0 Å². The van der Waals surface area contributed by atoms with E-state index in [1.54, 1.807) is 0 Å². The Morgan fingerprint density at radius 3 is 1.39 bits per heavy atom. The van der Waals surface area contributed by atoms with Crippen molar-refractivity contribution in [3.63, 3.8) is 0 Å². The zero-order chi connectivity index (χ0) is 21.3. The molecule has 4 nitrogen and oxygen atoms in total. The number of hydrogen-bond donors (Lipinski definition) is 2. The van der Waals surface area contributed by atoms with Crippen LogP contribution in [0.3, 0.4) is 0 Å². The van der Waals surface area contributed by atoms with E-state index in [1.807, 2.05) is 27.7 Å². The molecule has 8 heteroatoms. The van der Waals surface area contributed by atoms with Crippen molar-refractivity contribution in [3.05, 3.63) is 43.4 Å². The fourth-order valence-electron chi connectivity index (χ4n) is 4.01. The summed E-state index contributed by atoms with van der Waals surface area (Å²) in [6.07, 6.45) is 4.20. The number of rotatable bonds is 7. The van der Waals surface area contributed by atoms with E-state index in [9.17, 15) is 10.2 Å². The molecule has 2 N–H and O–H groups in total. The van der Waals surface area contributed by atoms with Crippen LogP contribution in [0.4, 0.5) is 0 Å². The highest BCUT2D eigenvalue weighted by Gasteiger charge is 2.66. The van der Waals surface area contributed by atoms with Gasteiger partial charge >= 0.3 is 0 Å². The molecule has 0 amide bonds. The van der Waals surface area contributed by atoms with E-state index >= 15 is 0 Å². The zero-order valence-corrected chi connectivity index (χ0v) is 22.7. The summed E-state index contributed by atoms with van der Waals surface area (Å²) in [7, 11) is 0. The monoisotopic (exact) mass is 646 g/mol. The third kappa shape index (κ3) is 3.85. The third-order valence-corrected chi connectivity index (χ3v) is 10.3. The van der Waals surface area contributed by atoms with Gasteiger partial charge in [0.1, 0.15) is 0 Å². The Morgan fingerprint density at radius 1 is 0.786 bits per heavy atom. The predicted molar refractivity (Wildman–Crippen MR) is 128 cm³/mol. The Kier molecular flexibility index (Phi) is 8.83. The minimum atomic E-state index is -1.03. The van der Waals surface area contributed by atoms with Crippen LogP contribution < -0.4 is 0 Å². The van der Waals surface area contributed by atoms with Crippen LogP contribution in [0.15, 0.2) is 43.4 Å². The molecule has 28 heavy (non-hydrogen) atoms. The standard InChI is InChI=1S/C20H26Br4O4/c1-11-9-12(2)16(22)19(15(11)21,27-7-5-25)20(28-8-6-26)17(23)13(3)10-14(4)18(20)24/h9-10,15,17,25-26H,5-8H2,1-4H3. The second-order valence-electron chi connectivity index (χ2n) is 7.11. The molecule has 2 rings (SSSR count). The topological polar surface area (TPSA) is 58.9 Å². The highest BCUT2D eigenvalue weighted by Crippen LogP contribution is 2.59. The molecule has 0 aromatic rings. The first kappa shape index (κ1) is 25.0. The van der Waals surface area contributed by atoms with Crippen LogP contribution in [-0.2, 0) is 9.47 Å². The van der Waals surface area contributed by atoms with Gasteiger partial charge in [0.25, 0.3) is 0 Å². The van der Waals surface area contributed by atoms with E-state index in [0.29, 0.717) is 0 Å². The molecule has 158 valence electrons. The van der Waals surface area contributed by atoms with Gasteiger partial charge in [-0.3, -0.25) is 0 Å². The summed E-state index contributed by atoms with van der Waals surface area (Å²) < 4.78 is 14.7. The molecule has 0 fully saturated rings. The summed E-state index contributed by atoms with van der Waals surface area (Å²) in [5.41, 5.74) is 2.13. The van der Waals surface area contributed by atoms with Crippen molar-refractivity contribution in [3.8, 4) is 0 Å². The number of halogens is 4. The number of alkyl halides is 2. The van der Waals surface area contributed by atoms with Gasteiger partial charge < -0.3 is 19.7 Å². The van der Waals surface area contributed by atoms with Crippen LogP contribution >= 0.6 is 63.7 Å². The highest BCUT2D eigenvalue weighted by molar-refractivity contribution is 9.12. The summed E-state index contributed by atoms with van der Waals surface area (Å²) in [4.78, 5) is -0.482. The first-order chi connectivity index (χ1) is 13.1. The van der Waals surface area contributed by atoms with Gasteiger partial charge in [0.15, 0.2) is 11.2 Å². The molecule has 0 aromatic heterocycles. The molecule has 0 radical (unpaired) electrons. The van der Waals surface area contributed by atoms with E-state index < -0.39 is 11.2 Å². The van der Waals surface area contributed by atoms with Crippen LogP contribution in [0.2, 0.25) is 0 Å². The van der Waals surface area contributed by atoms with E-state index in [0.717, 1.165) is 31.3 Å². The lowest BCUT2D eigenvalue weighted by Gasteiger charge is -2.57. The quantitative estimate of drug-likeness (QED) is 0.370. The molecule has 2 aliphatic rings. The van der Waals surface area contributed by atoms with Gasteiger partial charge in [-0.05, 0) is 38.8 Å². The average molecular weight is 650 g/mol. The van der Waals surface area contributed by atoms with Crippen molar-refractivity contribution in [2.45, 2.75) is 48.6 Å². The largest absolute Gasteiger partial charge is 0.394 e. The molecule has 4 unspecified atom stereocenters. The van der Waals surface area contributed by atoms with Crippen LogP contribution in [0.5, 0.6) is 0 Å². The Balaban J connectivity index is 2.91. The summed E-state index contributed by atoms with van der Waals surface area (Å²) >= 11 is 15.3. The van der Waals surface area contributed by atoms with Crippen LogP contribution in [0.25, 0.3) is 0 Å². The molecule has 0 bridgehead atoms. The lowest BCUT2D eigenvalue weighted by molar-refractivity contribution is -0.166. The predicted octanol–water partition coefficient (Wildman–Crippen LogP) is 5.27. The van der Waals surface area contributed by atoms with Gasteiger partial charge in [0, 0.05) is 8.96 Å². The molecule has 0 heterocycles. The highest BCUT2D eigenvalue weighted by atomic mass is 79.9. The van der Waals surface area contributed by atoms with Gasteiger partial charge in [-0.1, -0.05) is 87.0 Å². The van der Waals surface area contributed by atoms with E-state index in [2.05, 4.69) is 75.9 Å². The first-order valence-corrected chi connectivity index (χ1v) is 12.4. The lowest BCUT2D eigenvalue weighted by Crippen LogP contribution is -2.69. The maximum atomic E-state index is 9.60. The molecular weight excluding hydrogens is 624 g/mol. The number of ether oxygens (including phenoxy) is 2. The average Bonchev–Trinajstić information content (AvgIpc) is 2.66. The summed E-state index contributed by atoms with van der Waals surface area (Å²) in [6.45, 7) is 8.12. The Morgan fingerprint density at radius 2 is 1.11 bits per heavy atom. The smallest absolute Gasteiger partial charge is 0.151 e. The SMILES string of the molecule is CC1=CC(C)=C(Br)C(OCCO)(C2(OCCO)C(Br)=C(C)C=C(C)C2Br)C1Br. The molecular formula is C20H26Br4O4. The van der Waals surface area contributed by atoms with Crippen molar-refractivity contribution in [2.24, 2.45) is 0 Å². The molecule has 0 aliphatic heterocycles.